The van der Waals surface area contributed by atoms with Crippen LogP contribution in [0.15, 0.2) is 47.4 Å². The predicted molar refractivity (Wildman–Crippen MR) is 118 cm³/mol. The van der Waals surface area contributed by atoms with Crippen molar-refractivity contribution < 1.29 is 13.2 Å². The Labute approximate surface area is 183 Å². The Hall–Kier alpha value is -1.60. The van der Waals surface area contributed by atoms with Crippen molar-refractivity contribution >= 4 is 39.1 Å². The summed E-state index contributed by atoms with van der Waals surface area (Å²) >= 11 is 12.0. The molecular formula is C21H26Cl2N2O3S. The molecule has 158 valence electrons. The van der Waals surface area contributed by atoms with E-state index in [1.165, 1.54) is 0 Å². The summed E-state index contributed by atoms with van der Waals surface area (Å²) in [6.45, 7) is 5.53. The predicted octanol–water partition coefficient (Wildman–Crippen LogP) is 4.80. The van der Waals surface area contributed by atoms with E-state index in [1.54, 1.807) is 42.5 Å². The number of halogens is 2. The van der Waals surface area contributed by atoms with E-state index in [4.69, 9.17) is 23.2 Å². The Morgan fingerprint density at radius 2 is 1.76 bits per heavy atom. The maximum absolute atomic E-state index is 13.2. The van der Waals surface area contributed by atoms with Crippen LogP contribution in [0.25, 0.3) is 0 Å². The van der Waals surface area contributed by atoms with Gasteiger partial charge in [0, 0.05) is 12.6 Å². The molecule has 2 aromatic carbocycles. The standard InChI is InChI=1S/C21H26Cl2N2O3S/c1-4-5-16(3)24-21(26)14-25(13-17-8-11-19(22)20(23)12-17)29(27,28)18-9-6-15(2)7-10-18/h6-12,16H,4-5,13-14H2,1-3H3,(H,24,26)/t16-/m0/s1. The number of carbonyl (C=O) groups excluding carboxylic acids is 1. The van der Waals surface area contributed by atoms with Gasteiger partial charge >= 0.3 is 0 Å². The largest absolute Gasteiger partial charge is 0.353 e. The topological polar surface area (TPSA) is 66.5 Å². The molecule has 0 heterocycles. The second kappa shape index (κ2) is 10.4. The Bertz CT molecular complexity index is 947. The monoisotopic (exact) mass is 456 g/mol. The quantitative estimate of drug-likeness (QED) is 0.589. The van der Waals surface area contributed by atoms with Crippen molar-refractivity contribution in [3.05, 3.63) is 63.6 Å². The van der Waals surface area contributed by atoms with Crippen LogP contribution < -0.4 is 5.32 Å². The molecule has 0 aliphatic rings. The highest BCUT2D eigenvalue weighted by Gasteiger charge is 2.27. The van der Waals surface area contributed by atoms with Crippen LogP contribution in [0.5, 0.6) is 0 Å². The lowest BCUT2D eigenvalue weighted by Crippen LogP contribution is -2.43. The molecule has 0 saturated carbocycles. The Morgan fingerprint density at radius 1 is 1.10 bits per heavy atom. The fraction of sp³-hybridized carbons (Fsp3) is 0.381. The van der Waals surface area contributed by atoms with Crippen LogP contribution >= 0.6 is 23.2 Å². The molecule has 1 N–H and O–H groups in total. The summed E-state index contributed by atoms with van der Waals surface area (Å²) in [4.78, 5) is 12.7. The molecule has 0 aromatic heterocycles. The molecule has 5 nitrogen and oxygen atoms in total. The lowest BCUT2D eigenvalue weighted by atomic mass is 10.2. The summed E-state index contributed by atoms with van der Waals surface area (Å²) in [6.07, 6.45) is 1.75. The van der Waals surface area contributed by atoms with Gasteiger partial charge in [-0.25, -0.2) is 8.42 Å². The van der Waals surface area contributed by atoms with Crippen LogP contribution in [0, 0.1) is 6.92 Å². The van der Waals surface area contributed by atoms with Crippen LogP contribution in [0.1, 0.15) is 37.8 Å². The number of nitrogens with one attached hydrogen (secondary N) is 1. The smallest absolute Gasteiger partial charge is 0.243 e. The van der Waals surface area contributed by atoms with Crippen LogP contribution in [-0.2, 0) is 21.4 Å². The minimum atomic E-state index is -3.89. The first kappa shape index (κ1) is 23.7. The number of rotatable bonds is 9. The fourth-order valence-corrected chi connectivity index (χ4v) is 4.62. The van der Waals surface area contributed by atoms with Gasteiger partial charge in [-0.1, -0.05) is 60.3 Å². The van der Waals surface area contributed by atoms with Gasteiger partial charge in [-0.3, -0.25) is 4.79 Å². The van der Waals surface area contributed by atoms with E-state index in [0.29, 0.717) is 15.6 Å². The highest BCUT2D eigenvalue weighted by molar-refractivity contribution is 7.89. The van der Waals surface area contributed by atoms with Crippen molar-refractivity contribution in [1.29, 1.82) is 0 Å². The van der Waals surface area contributed by atoms with Gasteiger partial charge in [0.05, 0.1) is 21.5 Å². The summed E-state index contributed by atoms with van der Waals surface area (Å²) in [6, 6.07) is 11.4. The first-order chi connectivity index (χ1) is 13.6. The molecule has 2 rings (SSSR count). The van der Waals surface area contributed by atoms with Gasteiger partial charge in [-0.2, -0.15) is 4.31 Å². The van der Waals surface area contributed by atoms with Gasteiger partial charge in [0.1, 0.15) is 0 Å². The Balaban J connectivity index is 2.32. The average Bonchev–Trinajstić information content (AvgIpc) is 2.64. The van der Waals surface area contributed by atoms with Crippen LogP contribution in [0.2, 0.25) is 10.0 Å². The van der Waals surface area contributed by atoms with Crippen LogP contribution in [0.4, 0.5) is 0 Å². The third-order valence-electron chi connectivity index (χ3n) is 4.45. The molecule has 0 aliphatic heterocycles. The number of carbonyl (C=O) groups is 1. The number of hydrogen-bond donors (Lipinski definition) is 1. The van der Waals surface area contributed by atoms with Crippen molar-refractivity contribution in [2.75, 3.05) is 6.54 Å². The lowest BCUT2D eigenvalue weighted by molar-refractivity contribution is -0.122. The summed E-state index contributed by atoms with van der Waals surface area (Å²) in [7, 11) is -3.89. The second-order valence-corrected chi connectivity index (χ2v) is 9.84. The zero-order valence-electron chi connectivity index (χ0n) is 16.8. The maximum atomic E-state index is 13.2. The van der Waals surface area contributed by atoms with Gasteiger partial charge in [-0.15, -0.1) is 0 Å². The molecule has 2 aromatic rings. The van der Waals surface area contributed by atoms with E-state index >= 15 is 0 Å². The highest BCUT2D eigenvalue weighted by atomic mass is 35.5. The van der Waals surface area contributed by atoms with Crippen LogP contribution in [0.3, 0.4) is 0 Å². The Kier molecular flexibility index (Phi) is 8.52. The normalized spacial score (nSPS) is 12.8. The Morgan fingerprint density at radius 3 is 2.34 bits per heavy atom. The number of hydrogen-bond acceptors (Lipinski definition) is 3. The van der Waals surface area contributed by atoms with Crippen LogP contribution in [-0.4, -0.2) is 31.2 Å². The molecule has 0 aliphatic carbocycles. The zero-order chi connectivity index (χ0) is 21.6. The molecule has 0 fully saturated rings. The summed E-state index contributed by atoms with van der Waals surface area (Å²) in [5.74, 6) is -0.346. The van der Waals surface area contributed by atoms with Crippen molar-refractivity contribution in [1.82, 2.24) is 9.62 Å². The molecule has 0 unspecified atom stereocenters. The van der Waals surface area contributed by atoms with Gasteiger partial charge in [0.15, 0.2) is 0 Å². The second-order valence-electron chi connectivity index (χ2n) is 7.09. The fourth-order valence-electron chi connectivity index (χ4n) is 2.91. The van der Waals surface area contributed by atoms with E-state index in [-0.39, 0.29) is 29.9 Å². The summed E-state index contributed by atoms with van der Waals surface area (Å²) in [5.41, 5.74) is 1.59. The number of nitrogens with zero attached hydrogens (tertiary/aromatic N) is 1. The zero-order valence-corrected chi connectivity index (χ0v) is 19.1. The van der Waals surface area contributed by atoms with E-state index < -0.39 is 10.0 Å². The first-order valence-corrected chi connectivity index (χ1v) is 11.6. The van der Waals surface area contributed by atoms with E-state index in [0.717, 1.165) is 22.7 Å². The molecule has 8 heteroatoms. The van der Waals surface area contributed by atoms with E-state index in [2.05, 4.69) is 5.32 Å². The van der Waals surface area contributed by atoms with Gasteiger partial charge in [0.25, 0.3) is 0 Å². The van der Waals surface area contributed by atoms with E-state index in [1.807, 2.05) is 20.8 Å². The van der Waals surface area contributed by atoms with Crippen molar-refractivity contribution in [2.45, 2.75) is 51.1 Å². The summed E-state index contributed by atoms with van der Waals surface area (Å²) < 4.78 is 27.6. The summed E-state index contributed by atoms with van der Waals surface area (Å²) in [5, 5.41) is 3.57. The minimum absolute atomic E-state index is 0.00266. The molecule has 0 bridgehead atoms. The third kappa shape index (κ3) is 6.71. The first-order valence-electron chi connectivity index (χ1n) is 9.43. The van der Waals surface area contributed by atoms with Crippen molar-refractivity contribution in [3.8, 4) is 0 Å². The maximum Gasteiger partial charge on any atom is 0.243 e. The molecule has 0 radical (unpaired) electrons. The minimum Gasteiger partial charge on any atom is -0.353 e. The molecule has 0 saturated heterocycles. The third-order valence-corrected chi connectivity index (χ3v) is 7.00. The number of sulfonamides is 1. The lowest BCUT2D eigenvalue weighted by Gasteiger charge is -2.23. The van der Waals surface area contributed by atoms with Gasteiger partial charge < -0.3 is 5.32 Å². The van der Waals surface area contributed by atoms with Gasteiger partial charge in [-0.05, 0) is 50.1 Å². The molecule has 29 heavy (non-hydrogen) atoms. The van der Waals surface area contributed by atoms with Gasteiger partial charge in [0.2, 0.25) is 15.9 Å². The van der Waals surface area contributed by atoms with E-state index in [9.17, 15) is 13.2 Å². The number of benzene rings is 2. The average molecular weight is 457 g/mol. The van der Waals surface area contributed by atoms with Crippen molar-refractivity contribution in [3.63, 3.8) is 0 Å². The molecular weight excluding hydrogens is 431 g/mol. The SMILES string of the molecule is CCC[C@H](C)NC(=O)CN(Cc1ccc(Cl)c(Cl)c1)S(=O)(=O)c1ccc(C)cc1. The number of aryl methyl sites for hydroxylation is 1. The molecule has 1 amide bonds. The molecule has 0 spiro atoms. The number of amides is 1. The van der Waals surface area contributed by atoms with Crippen molar-refractivity contribution in [2.24, 2.45) is 0 Å². The molecule has 1 atom stereocenters. The highest BCUT2D eigenvalue weighted by Crippen LogP contribution is 2.25.